The third-order valence-corrected chi connectivity index (χ3v) is 7.90. The fourth-order valence-electron chi connectivity index (χ4n) is 3.99. The van der Waals surface area contributed by atoms with Gasteiger partial charge in [0.1, 0.15) is 27.8 Å². The van der Waals surface area contributed by atoms with Gasteiger partial charge in [0.2, 0.25) is 9.84 Å². The van der Waals surface area contributed by atoms with Gasteiger partial charge in [0, 0.05) is 18.5 Å². The second-order valence-electron chi connectivity index (χ2n) is 9.79. The maximum atomic E-state index is 15.1. The van der Waals surface area contributed by atoms with Crippen LogP contribution in [0, 0.1) is 12.7 Å². The van der Waals surface area contributed by atoms with E-state index < -0.39 is 54.4 Å². The van der Waals surface area contributed by atoms with Crippen LogP contribution in [0.5, 0.6) is 5.75 Å². The van der Waals surface area contributed by atoms with Crippen molar-refractivity contribution in [2.75, 3.05) is 19.1 Å². The molecular weight excluding hydrogens is 551 g/mol. The minimum atomic E-state index is -4.21. The number of aromatic amines is 1. The molecule has 4 rings (SSSR count). The Balaban J connectivity index is 1.92. The van der Waals surface area contributed by atoms with E-state index >= 15 is 4.39 Å². The van der Waals surface area contributed by atoms with Crippen molar-refractivity contribution in [3.8, 4) is 5.75 Å². The quantitative estimate of drug-likeness (QED) is 0.202. The minimum absolute atomic E-state index is 0.0330. The van der Waals surface area contributed by atoms with Crippen LogP contribution in [-0.2, 0) is 31.4 Å². The Morgan fingerprint density at radius 1 is 1.18 bits per heavy atom. The highest BCUT2D eigenvalue weighted by molar-refractivity contribution is 7.90. The topological polar surface area (TPSA) is 155 Å². The van der Waals surface area contributed by atoms with E-state index in [0.717, 1.165) is 11.0 Å². The molecule has 0 saturated heterocycles. The lowest BCUT2D eigenvalue weighted by molar-refractivity contribution is 0.0589. The molecule has 0 spiro atoms. The van der Waals surface area contributed by atoms with Crippen molar-refractivity contribution in [2.24, 2.45) is 0 Å². The largest absolute Gasteiger partial charge is 0.767 e. The van der Waals surface area contributed by atoms with Crippen LogP contribution in [0.1, 0.15) is 31.9 Å². The summed E-state index contributed by atoms with van der Waals surface area (Å²) in [6.07, 6.45) is -0.785. The Kier molecular flexibility index (Phi) is 7.40. The molecule has 0 saturated carbocycles. The van der Waals surface area contributed by atoms with Gasteiger partial charge in [-0.3, -0.25) is 9.11 Å². The van der Waals surface area contributed by atoms with Gasteiger partial charge >= 0.3 is 6.09 Å². The average Bonchev–Trinajstić information content (AvgIpc) is 3.24. The third kappa shape index (κ3) is 5.58. The van der Waals surface area contributed by atoms with E-state index in [0.29, 0.717) is 11.3 Å². The molecule has 39 heavy (non-hydrogen) atoms. The van der Waals surface area contributed by atoms with E-state index in [4.69, 9.17) is 9.47 Å². The minimum Gasteiger partial charge on any atom is -0.767 e. The van der Waals surface area contributed by atoms with Gasteiger partial charge in [0.25, 0.3) is 5.16 Å². The van der Waals surface area contributed by atoms with Crippen LogP contribution in [0.15, 0.2) is 40.5 Å². The number of aryl methyl sites for hydroxylation is 1. The first-order chi connectivity index (χ1) is 18.1. The van der Waals surface area contributed by atoms with Gasteiger partial charge in [-0.2, -0.15) is 0 Å². The number of hydrogen-bond donors (Lipinski definition) is 1. The van der Waals surface area contributed by atoms with Crippen molar-refractivity contribution in [3.63, 3.8) is 0 Å². The summed E-state index contributed by atoms with van der Waals surface area (Å²) in [4.78, 5) is 24.7. The fraction of sp³-hybridized carbons (Fsp3) is 0.320. The molecular formula is C25H26FN4O7S2-. The van der Waals surface area contributed by atoms with Crippen molar-refractivity contribution in [2.45, 2.75) is 49.2 Å². The number of fused-ring (bicyclic) bond motifs is 3. The molecule has 0 bridgehead atoms. The smallest absolute Gasteiger partial charge is 0.414 e. The molecule has 0 aliphatic carbocycles. The number of amides is 1. The van der Waals surface area contributed by atoms with E-state index in [1.807, 2.05) is 0 Å². The number of anilines is 1. The summed E-state index contributed by atoms with van der Waals surface area (Å²) in [5.74, 6) is -0.702. The second kappa shape index (κ2) is 10.2. The predicted molar refractivity (Wildman–Crippen MR) is 142 cm³/mol. The number of methoxy groups -OCH3 is 1. The molecule has 4 aromatic rings. The highest BCUT2D eigenvalue weighted by atomic mass is 32.2. The number of nitrogens with zero attached hydrogens (tertiary/aromatic N) is 3. The molecule has 1 atom stereocenters. The molecule has 1 unspecified atom stereocenters. The number of rotatable bonds is 6. The SMILES string of the molecule is COc1ccc(CS(=O)(=O)c2nc(S(=O)[O-])c3c(n2)[nH]c2c(N(C)C(=O)OC(C)(C)C)cc(F)c(C)c23)cc1. The molecule has 1 amide bonds. The number of H-pyrrole nitrogens is 1. The number of benzene rings is 2. The summed E-state index contributed by atoms with van der Waals surface area (Å²) in [5, 5.41) is -1.36. The second-order valence-corrected chi connectivity index (χ2v) is 12.5. The molecule has 2 heterocycles. The Labute approximate surface area is 226 Å². The average molecular weight is 578 g/mol. The first kappa shape index (κ1) is 28.4. The van der Waals surface area contributed by atoms with Gasteiger partial charge in [-0.15, -0.1) is 0 Å². The molecule has 11 nitrogen and oxygen atoms in total. The molecule has 2 aromatic heterocycles. The Morgan fingerprint density at radius 3 is 2.38 bits per heavy atom. The first-order valence-corrected chi connectivity index (χ1v) is 14.3. The van der Waals surface area contributed by atoms with Gasteiger partial charge in [0.15, 0.2) is 0 Å². The predicted octanol–water partition coefficient (Wildman–Crippen LogP) is 4.15. The van der Waals surface area contributed by atoms with E-state index in [2.05, 4.69) is 15.0 Å². The van der Waals surface area contributed by atoms with E-state index in [9.17, 15) is 22.0 Å². The lowest BCUT2D eigenvalue weighted by Crippen LogP contribution is -2.34. The maximum absolute atomic E-state index is 15.1. The Hall–Kier alpha value is -3.62. The lowest BCUT2D eigenvalue weighted by atomic mass is 10.1. The van der Waals surface area contributed by atoms with Crippen LogP contribution >= 0.6 is 0 Å². The Bertz CT molecular complexity index is 1730. The van der Waals surface area contributed by atoms with Crippen LogP contribution in [0.4, 0.5) is 14.9 Å². The summed E-state index contributed by atoms with van der Waals surface area (Å²) >= 11 is -3.02. The summed E-state index contributed by atoms with van der Waals surface area (Å²) in [7, 11) is -1.37. The summed E-state index contributed by atoms with van der Waals surface area (Å²) in [6, 6.07) is 7.37. The number of nitrogens with one attached hydrogen (secondary N) is 1. The van der Waals surface area contributed by atoms with E-state index in [-0.39, 0.29) is 33.2 Å². The number of ether oxygens (including phenoxy) is 2. The monoisotopic (exact) mass is 577 g/mol. The number of halogens is 1. The highest BCUT2D eigenvalue weighted by Gasteiger charge is 2.28. The number of carbonyl (C=O) groups is 1. The van der Waals surface area contributed by atoms with Gasteiger partial charge in [-0.1, -0.05) is 12.1 Å². The van der Waals surface area contributed by atoms with Crippen LogP contribution in [0.2, 0.25) is 0 Å². The van der Waals surface area contributed by atoms with Gasteiger partial charge in [-0.05, 0) is 62.0 Å². The highest BCUT2D eigenvalue weighted by Crippen LogP contribution is 2.38. The molecule has 0 aliphatic rings. The molecule has 2 aromatic carbocycles. The molecule has 14 heteroatoms. The van der Waals surface area contributed by atoms with Crippen molar-refractivity contribution in [1.29, 1.82) is 0 Å². The number of hydrogen-bond acceptors (Lipinski definition) is 9. The molecule has 0 fully saturated rings. The zero-order chi connectivity index (χ0) is 28.9. The zero-order valence-corrected chi connectivity index (χ0v) is 23.6. The van der Waals surface area contributed by atoms with Gasteiger partial charge in [0.05, 0.1) is 29.5 Å². The summed E-state index contributed by atoms with van der Waals surface area (Å²) in [6.45, 7) is 6.44. The molecule has 0 radical (unpaired) electrons. The standard InChI is InChI=1S/C25H27FN4O7S2/c1-13-16(26)11-17(30(5)24(31)37-25(2,3)4)20-18(13)19-21(27-20)28-23(29-22(19)38(32)33)39(34,35)12-14-7-9-15(36-6)10-8-14/h7-11H,12H2,1-6H3,(H,32,33)(H,27,28,29)/p-1. The number of aromatic nitrogens is 3. The third-order valence-electron chi connectivity index (χ3n) is 5.83. The Morgan fingerprint density at radius 2 is 1.82 bits per heavy atom. The first-order valence-electron chi connectivity index (χ1n) is 11.6. The van der Waals surface area contributed by atoms with Crippen molar-refractivity contribution in [1.82, 2.24) is 15.0 Å². The fourth-order valence-corrected chi connectivity index (χ4v) is 5.79. The molecule has 0 aliphatic heterocycles. The molecule has 1 N–H and O–H groups in total. The van der Waals surface area contributed by atoms with Crippen LogP contribution in [0.25, 0.3) is 21.9 Å². The zero-order valence-electron chi connectivity index (χ0n) is 22.0. The molecule has 208 valence electrons. The van der Waals surface area contributed by atoms with Crippen LogP contribution in [0.3, 0.4) is 0 Å². The van der Waals surface area contributed by atoms with E-state index in [1.165, 1.54) is 21.1 Å². The van der Waals surface area contributed by atoms with Gasteiger partial charge < -0.3 is 19.0 Å². The lowest BCUT2D eigenvalue weighted by Gasteiger charge is -2.25. The van der Waals surface area contributed by atoms with Crippen molar-refractivity contribution >= 4 is 54.6 Å². The number of carbonyl (C=O) groups excluding carboxylic acids is 1. The summed E-state index contributed by atoms with van der Waals surface area (Å²) in [5.41, 5.74) is -0.338. The summed E-state index contributed by atoms with van der Waals surface area (Å²) < 4.78 is 76.5. The maximum Gasteiger partial charge on any atom is 0.414 e. The number of sulfone groups is 1. The van der Waals surface area contributed by atoms with Gasteiger partial charge in [-0.25, -0.2) is 27.6 Å². The van der Waals surface area contributed by atoms with Crippen LogP contribution in [-0.4, -0.2) is 58.0 Å². The normalized spacial score (nSPS) is 13.0. The van der Waals surface area contributed by atoms with Crippen molar-refractivity contribution in [3.05, 3.63) is 47.3 Å². The van der Waals surface area contributed by atoms with E-state index in [1.54, 1.807) is 45.0 Å². The van der Waals surface area contributed by atoms with Crippen molar-refractivity contribution < 1.29 is 35.8 Å². The van der Waals surface area contributed by atoms with Crippen LogP contribution < -0.4 is 9.64 Å².